The summed E-state index contributed by atoms with van der Waals surface area (Å²) in [5.74, 6) is -0.307. The lowest BCUT2D eigenvalue weighted by molar-refractivity contribution is -0.138. The predicted octanol–water partition coefficient (Wildman–Crippen LogP) is 1.35. The Morgan fingerprint density at radius 1 is 1.24 bits per heavy atom. The van der Waals surface area contributed by atoms with Crippen LogP contribution in [0.3, 0.4) is 0 Å². The van der Waals surface area contributed by atoms with Crippen molar-refractivity contribution in [3.8, 4) is 5.75 Å². The van der Waals surface area contributed by atoms with Crippen LogP contribution in [0.15, 0.2) is 51.0 Å². The van der Waals surface area contributed by atoms with Gasteiger partial charge in [-0.25, -0.2) is 8.42 Å². The second-order valence-corrected chi connectivity index (χ2v) is 10.2. The lowest BCUT2D eigenvalue weighted by atomic mass is 10.1. The monoisotopic (exact) mass is 494 g/mol. The molecular weight excluding hydrogens is 468 g/mol. The van der Waals surface area contributed by atoms with E-state index in [1.54, 1.807) is 35.7 Å². The number of nitrogens with one attached hydrogen (secondary N) is 3. The van der Waals surface area contributed by atoms with Crippen molar-refractivity contribution < 1.29 is 27.9 Å². The number of sulfonamides is 1. The Balaban J connectivity index is 1.44. The smallest absolute Gasteiger partial charge is 0.322 e. The number of rotatable bonds is 11. The van der Waals surface area contributed by atoms with Gasteiger partial charge in [0.25, 0.3) is 10.0 Å². The second-order valence-electron chi connectivity index (χ2n) is 7.30. The van der Waals surface area contributed by atoms with Gasteiger partial charge < -0.3 is 15.2 Å². The van der Waals surface area contributed by atoms with Crippen LogP contribution >= 0.6 is 11.3 Å². The molecule has 0 saturated heterocycles. The molecule has 0 spiro atoms. The zero-order chi connectivity index (χ0) is 23.7. The summed E-state index contributed by atoms with van der Waals surface area (Å²) in [5.41, 5.74) is 0.642. The number of thiophene rings is 1. The average molecular weight is 495 g/mol. The lowest BCUT2D eigenvalue weighted by Gasteiger charge is -2.15. The molecule has 10 nitrogen and oxygen atoms in total. The van der Waals surface area contributed by atoms with Gasteiger partial charge in [-0.2, -0.15) is 4.72 Å². The van der Waals surface area contributed by atoms with E-state index in [4.69, 9.17) is 4.74 Å². The number of hydrogen-bond donors (Lipinski definition) is 4. The maximum absolute atomic E-state index is 12.3. The normalized spacial score (nSPS) is 14.6. The van der Waals surface area contributed by atoms with Crippen LogP contribution in [-0.4, -0.2) is 57.1 Å². The first-order chi connectivity index (χ1) is 15.8. The van der Waals surface area contributed by atoms with Crippen LogP contribution < -0.4 is 20.1 Å². The second kappa shape index (κ2) is 11.8. The minimum atomic E-state index is -3.90. The van der Waals surface area contributed by atoms with Crippen molar-refractivity contribution in [3.63, 3.8) is 0 Å². The number of amides is 1. The van der Waals surface area contributed by atoms with E-state index in [0.717, 1.165) is 24.3 Å². The van der Waals surface area contributed by atoms with Crippen molar-refractivity contribution in [1.29, 1.82) is 0 Å². The molecule has 4 N–H and O–H groups in total. The largest absolute Gasteiger partial charge is 0.494 e. The van der Waals surface area contributed by atoms with Crippen LogP contribution in [0.1, 0.15) is 24.8 Å². The van der Waals surface area contributed by atoms with E-state index in [1.807, 2.05) is 0 Å². The Hall–Kier alpha value is -2.96. The number of carboxylic acids is 1. The minimum absolute atomic E-state index is 0.0156. The highest BCUT2D eigenvalue weighted by Crippen LogP contribution is 2.18. The quantitative estimate of drug-likeness (QED) is 0.345. The number of hydrogen-bond acceptors (Lipinski definition) is 8. The van der Waals surface area contributed by atoms with Gasteiger partial charge in [-0.1, -0.05) is 18.2 Å². The van der Waals surface area contributed by atoms with Gasteiger partial charge in [0, 0.05) is 19.5 Å². The number of nitrogens with zero attached hydrogens (tertiary/aromatic N) is 1. The number of ether oxygens (including phenoxy) is 1. The van der Waals surface area contributed by atoms with Crippen molar-refractivity contribution in [2.24, 2.45) is 4.99 Å². The summed E-state index contributed by atoms with van der Waals surface area (Å²) in [6.45, 7) is 1.84. The molecule has 2 heterocycles. The molecule has 1 aromatic heterocycles. The molecule has 33 heavy (non-hydrogen) atoms. The first-order valence-electron chi connectivity index (χ1n) is 10.4. The number of guanidine groups is 1. The van der Waals surface area contributed by atoms with Crippen LogP contribution in [0, 0.1) is 0 Å². The van der Waals surface area contributed by atoms with E-state index in [1.165, 1.54) is 6.07 Å². The molecule has 3 rings (SSSR count). The molecule has 1 aliphatic rings. The molecule has 0 saturated carbocycles. The Bertz CT molecular complexity index is 1070. The summed E-state index contributed by atoms with van der Waals surface area (Å²) in [6.07, 6.45) is 1.75. The predicted molar refractivity (Wildman–Crippen MR) is 124 cm³/mol. The van der Waals surface area contributed by atoms with Gasteiger partial charge in [0.05, 0.1) is 6.61 Å². The van der Waals surface area contributed by atoms with E-state index < -0.39 is 22.0 Å². The van der Waals surface area contributed by atoms with Crippen LogP contribution in [0.5, 0.6) is 5.75 Å². The van der Waals surface area contributed by atoms with Gasteiger partial charge in [0.2, 0.25) is 5.91 Å². The standard InChI is InChI=1S/C21H26N4O6S2/c26-18(24-21-22-10-3-11-23-21)4-1-12-31-16-8-6-15(7-9-16)14-17(20(27)28)25-33(29,30)19-5-2-13-32-19/h2,5-9,13,17,25H,1,3-4,10-12,14H2,(H,27,28)(H2,22,23,24,26)/t17-/m0/s1. The third-order valence-corrected chi connectivity index (χ3v) is 7.56. The Morgan fingerprint density at radius 3 is 2.67 bits per heavy atom. The minimum Gasteiger partial charge on any atom is -0.494 e. The van der Waals surface area contributed by atoms with Crippen molar-refractivity contribution in [2.45, 2.75) is 35.9 Å². The SMILES string of the molecule is O=C(CCCOc1ccc(C[C@H](NS(=O)(=O)c2cccs2)C(=O)O)cc1)NC1=NCCCN1. The molecular formula is C21H26N4O6S2. The highest BCUT2D eigenvalue weighted by Gasteiger charge is 2.26. The first kappa shape index (κ1) is 24.7. The fourth-order valence-corrected chi connectivity index (χ4v) is 5.23. The van der Waals surface area contributed by atoms with Gasteiger partial charge in [-0.3, -0.25) is 19.9 Å². The summed E-state index contributed by atoms with van der Waals surface area (Å²) in [6, 6.07) is 8.44. The molecule has 0 radical (unpaired) electrons. The molecule has 0 unspecified atom stereocenters. The highest BCUT2D eigenvalue weighted by molar-refractivity contribution is 7.91. The van der Waals surface area contributed by atoms with Crippen LogP contribution in [0.4, 0.5) is 0 Å². The zero-order valence-electron chi connectivity index (χ0n) is 17.8. The average Bonchev–Trinajstić information content (AvgIpc) is 3.34. The summed E-state index contributed by atoms with van der Waals surface area (Å²) in [7, 11) is -3.90. The third kappa shape index (κ3) is 7.84. The van der Waals surface area contributed by atoms with Crippen LogP contribution in [0.25, 0.3) is 0 Å². The van der Waals surface area contributed by atoms with E-state index in [-0.39, 0.29) is 16.5 Å². The van der Waals surface area contributed by atoms with Gasteiger partial charge in [0.15, 0.2) is 5.96 Å². The van der Waals surface area contributed by atoms with E-state index in [2.05, 4.69) is 20.3 Å². The van der Waals surface area contributed by atoms with E-state index >= 15 is 0 Å². The van der Waals surface area contributed by atoms with Gasteiger partial charge in [-0.15, -0.1) is 11.3 Å². The lowest BCUT2D eigenvalue weighted by Crippen LogP contribution is -2.43. The molecule has 0 bridgehead atoms. The molecule has 12 heteroatoms. The Kier molecular flexibility index (Phi) is 8.80. The summed E-state index contributed by atoms with van der Waals surface area (Å²) < 4.78 is 32.6. The molecule has 1 atom stereocenters. The molecule has 0 aliphatic carbocycles. The molecule has 2 aromatic rings. The number of aliphatic carboxylic acids is 1. The van der Waals surface area contributed by atoms with E-state index in [9.17, 15) is 23.1 Å². The Labute approximate surface area is 196 Å². The molecule has 178 valence electrons. The maximum atomic E-state index is 12.3. The summed E-state index contributed by atoms with van der Waals surface area (Å²) in [5, 5.41) is 16.8. The molecule has 1 aliphatic heterocycles. The number of aliphatic imine (C=N–C) groups is 1. The zero-order valence-corrected chi connectivity index (χ0v) is 19.5. The van der Waals surface area contributed by atoms with Crippen LogP contribution in [-0.2, 0) is 26.0 Å². The number of carbonyl (C=O) groups is 2. The van der Waals surface area contributed by atoms with Crippen molar-refractivity contribution in [3.05, 3.63) is 47.3 Å². The molecule has 0 fully saturated rings. The number of carboxylic acid groups (broad SMARTS) is 1. The number of benzene rings is 1. The van der Waals surface area contributed by atoms with Crippen molar-refractivity contribution in [2.75, 3.05) is 19.7 Å². The van der Waals surface area contributed by atoms with E-state index in [0.29, 0.717) is 43.3 Å². The molecule has 1 aromatic carbocycles. The summed E-state index contributed by atoms with van der Waals surface area (Å²) >= 11 is 1.02. The third-order valence-electron chi connectivity index (χ3n) is 4.69. The first-order valence-corrected chi connectivity index (χ1v) is 12.8. The topological polar surface area (TPSA) is 146 Å². The van der Waals surface area contributed by atoms with Gasteiger partial charge >= 0.3 is 5.97 Å². The van der Waals surface area contributed by atoms with Gasteiger partial charge in [0.1, 0.15) is 16.0 Å². The summed E-state index contributed by atoms with van der Waals surface area (Å²) in [4.78, 5) is 27.7. The number of carbonyl (C=O) groups excluding carboxylic acids is 1. The Morgan fingerprint density at radius 2 is 2.03 bits per heavy atom. The van der Waals surface area contributed by atoms with Crippen molar-refractivity contribution >= 4 is 39.2 Å². The maximum Gasteiger partial charge on any atom is 0.322 e. The molecule has 1 amide bonds. The van der Waals surface area contributed by atoms with Crippen LogP contribution in [0.2, 0.25) is 0 Å². The van der Waals surface area contributed by atoms with Gasteiger partial charge in [-0.05, 0) is 48.4 Å². The van der Waals surface area contributed by atoms with Crippen molar-refractivity contribution in [1.82, 2.24) is 15.4 Å². The highest BCUT2D eigenvalue weighted by atomic mass is 32.2. The fourth-order valence-electron chi connectivity index (χ4n) is 3.03. The fraction of sp³-hybridized carbons (Fsp3) is 0.381.